The molecule has 0 atom stereocenters. The lowest BCUT2D eigenvalue weighted by Gasteiger charge is -2.31. The lowest BCUT2D eigenvalue weighted by Crippen LogP contribution is -2.36. The topological polar surface area (TPSA) is 117 Å². The molecule has 188 valence electrons. The Morgan fingerprint density at radius 2 is 1.89 bits per heavy atom. The molecule has 3 N–H and O–H groups in total. The molecular weight excluding hydrogens is 442 g/mol. The van der Waals surface area contributed by atoms with Crippen molar-refractivity contribution < 1.29 is 9.47 Å². The van der Waals surface area contributed by atoms with Crippen molar-refractivity contribution in [3.63, 3.8) is 0 Å². The molecule has 9 heteroatoms. The number of rotatable bonds is 11. The Bertz CT molecular complexity index is 966. The van der Waals surface area contributed by atoms with Crippen molar-refractivity contribution in [2.45, 2.75) is 44.6 Å². The van der Waals surface area contributed by atoms with Crippen LogP contribution in [0.5, 0.6) is 0 Å². The first kappa shape index (κ1) is 25.3. The summed E-state index contributed by atoms with van der Waals surface area (Å²) in [6.45, 7) is 4.43. The van der Waals surface area contributed by atoms with Crippen LogP contribution in [0.15, 0.2) is 30.6 Å². The Kier molecular flexibility index (Phi) is 9.23. The number of hydrogen-bond donors (Lipinski definition) is 3. The van der Waals surface area contributed by atoms with Gasteiger partial charge in [0.15, 0.2) is 0 Å². The maximum atomic E-state index is 9.69. The molecule has 0 aromatic carbocycles. The summed E-state index contributed by atoms with van der Waals surface area (Å²) in [7, 11) is 1.74. The quantitative estimate of drug-likeness (QED) is 0.416. The minimum atomic E-state index is -0.382. The van der Waals surface area contributed by atoms with Crippen molar-refractivity contribution in [1.29, 1.82) is 5.26 Å². The van der Waals surface area contributed by atoms with Crippen molar-refractivity contribution in [2.24, 2.45) is 11.3 Å². The van der Waals surface area contributed by atoms with Gasteiger partial charge in [-0.1, -0.05) is 0 Å². The summed E-state index contributed by atoms with van der Waals surface area (Å²) >= 11 is 0. The maximum absolute atomic E-state index is 9.69. The summed E-state index contributed by atoms with van der Waals surface area (Å²) in [6, 6.07) is 8.88. The van der Waals surface area contributed by atoms with E-state index in [1.165, 1.54) is 25.7 Å². The molecule has 2 aromatic heterocycles. The molecule has 0 spiro atoms. The van der Waals surface area contributed by atoms with Gasteiger partial charge in [0.25, 0.3) is 0 Å². The van der Waals surface area contributed by atoms with E-state index in [-0.39, 0.29) is 5.41 Å². The normalized spacial score (nSPS) is 21.7. The summed E-state index contributed by atoms with van der Waals surface area (Å²) in [5, 5.41) is 20.1. The third kappa shape index (κ3) is 7.34. The fourth-order valence-corrected chi connectivity index (χ4v) is 4.80. The van der Waals surface area contributed by atoms with E-state index in [1.54, 1.807) is 19.5 Å². The molecule has 0 radical (unpaired) electrons. The van der Waals surface area contributed by atoms with E-state index < -0.39 is 0 Å². The molecule has 1 saturated carbocycles. The minimum absolute atomic E-state index is 0.382. The van der Waals surface area contributed by atoms with E-state index in [9.17, 15) is 5.26 Å². The highest BCUT2D eigenvalue weighted by atomic mass is 16.5. The van der Waals surface area contributed by atoms with E-state index >= 15 is 0 Å². The number of methoxy groups -OCH3 is 1. The van der Waals surface area contributed by atoms with Gasteiger partial charge in [-0.3, -0.25) is 4.98 Å². The van der Waals surface area contributed by atoms with E-state index in [4.69, 9.17) is 14.5 Å². The molecule has 3 heterocycles. The van der Waals surface area contributed by atoms with Crippen LogP contribution >= 0.6 is 0 Å². The molecule has 1 saturated heterocycles. The lowest BCUT2D eigenvalue weighted by molar-refractivity contribution is 0.0456. The first-order chi connectivity index (χ1) is 17.2. The molecular formula is C26H37N7O2. The smallest absolute Gasteiger partial charge is 0.223 e. The predicted molar refractivity (Wildman–Crippen MR) is 136 cm³/mol. The maximum Gasteiger partial charge on any atom is 0.223 e. The Hall–Kier alpha value is -2.80. The first-order valence-electron chi connectivity index (χ1n) is 12.7. The van der Waals surface area contributed by atoms with Crippen LogP contribution in [0.25, 0.3) is 11.4 Å². The van der Waals surface area contributed by atoms with Gasteiger partial charge in [0.05, 0.1) is 29.5 Å². The van der Waals surface area contributed by atoms with E-state index in [2.05, 4.69) is 32.0 Å². The number of pyridine rings is 1. The Labute approximate surface area is 208 Å². The van der Waals surface area contributed by atoms with Gasteiger partial charge >= 0.3 is 0 Å². The number of nitriles is 1. The van der Waals surface area contributed by atoms with Crippen LogP contribution in [0.4, 0.5) is 11.6 Å². The van der Waals surface area contributed by atoms with Gasteiger partial charge in [-0.25, -0.2) is 9.97 Å². The molecule has 4 rings (SSSR count). The van der Waals surface area contributed by atoms with Crippen molar-refractivity contribution in [3.05, 3.63) is 30.6 Å². The zero-order chi connectivity index (χ0) is 24.3. The van der Waals surface area contributed by atoms with E-state index in [1.807, 2.05) is 18.2 Å². The van der Waals surface area contributed by atoms with Crippen molar-refractivity contribution in [2.75, 3.05) is 57.2 Å². The van der Waals surface area contributed by atoms with Crippen LogP contribution in [0, 0.1) is 22.7 Å². The van der Waals surface area contributed by atoms with E-state index in [0.29, 0.717) is 37.7 Å². The molecule has 2 aromatic rings. The molecule has 9 nitrogen and oxygen atoms in total. The standard InChI is InChI=1S/C26H37N7O2/c1-34-15-12-28-21-4-2-20(3-5-21)17-31-25-30-11-7-23(33-25)24-16-22(6-10-29-24)32-19-26(18-27)8-13-35-14-9-26/h6-7,10-11,16,20-21,28H,2-5,8-9,12-15,17,19H2,1H3,(H,29,32)(H,30,31,33). The van der Waals surface area contributed by atoms with Crippen LogP contribution in [-0.4, -0.2) is 67.6 Å². The highest BCUT2D eigenvalue weighted by Gasteiger charge is 2.32. The summed E-state index contributed by atoms with van der Waals surface area (Å²) < 4.78 is 10.6. The number of aromatic nitrogens is 3. The predicted octanol–water partition coefficient (Wildman–Crippen LogP) is 3.48. The second kappa shape index (κ2) is 12.8. The van der Waals surface area contributed by atoms with Crippen LogP contribution in [0.1, 0.15) is 38.5 Å². The molecule has 0 unspecified atom stereocenters. The summed E-state index contributed by atoms with van der Waals surface area (Å²) in [6.07, 6.45) is 9.83. The highest BCUT2D eigenvalue weighted by molar-refractivity contribution is 5.61. The monoisotopic (exact) mass is 479 g/mol. The summed E-state index contributed by atoms with van der Waals surface area (Å²) in [5.41, 5.74) is 2.10. The van der Waals surface area contributed by atoms with E-state index in [0.717, 1.165) is 49.6 Å². The minimum Gasteiger partial charge on any atom is -0.383 e. The number of nitrogens with one attached hydrogen (secondary N) is 3. The molecule has 1 aliphatic heterocycles. The second-order valence-corrected chi connectivity index (χ2v) is 9.60. The third-order valence-electron chi connectivity index (χ3n) is 7.13. The molecule has 0 amide bonds. The fraction of sp³-hybridized carbons (Fsp3) is 0.615. The Morgan fingerprint density at radius 1 is 1.09 bits per heavy atom. The Balaban J connectivity index is 1.29. The second-order valence-electron chi connectivity index (χ2n) is 9.60. The molecule has 2 fully saturated rings. The van der Waals surface area contributed by atoms with Crippen molar-refractivity contribution >= 4 is 11.6 Å². The van der Waals surface area contributed by atoms with Crippen molar-refractivity contribution in [1.82, 2.24) is 20.3 Å². The van der Waals surface area contributed by atoms with Crippen LogP contribution < -0.4 is 16.0 Å². The van der Waals surface area contributed by atoms with Crippen LogP contribution in [0.3, 0.4) is 0 Å². The van der Waals surface area contributed by atoms with Gasteiger partial charge in [0, 0.05) is 64.1 Å². The molecule has 1 aliphatic carbocycles. The van der Waals surface area contributed by atoms with Gasteiger partial charge < -0.3 is 25.4 Å². The number of hydrogen-bond acceptors (Lipinski definition) is 9. The fourth-order valence-electron chi connectivity index (χ4n) is 4.80. The SMILES string of the molecule is COCCNC1CCC(CNc2nccc(-c3cc(NCC4(C#N)CCOCC4)ccn3)n2)CC1. The van der Waals surface area contributed by atoms with Crippen molar-refractivity contribution in [3.8, 4) is 17.5 Å². The zero-order valence-corrected chi connectivity index (χ0v) is 20.6. The largest absolute Gasteiger partial charge is 0.383 e. The lowest BCUT2D eigenvalue weighted by atomic mass is 9.81. The number of anilines is 2. The first-order valence-corrected chi connectivity index (χ1v) is 12.7. The van der Waals surface area contributed by atoms with Gasteiger partial charge in [-0.05, 0) is 62.6 Å². The Morgan fingerprint density at radius 3 is 2.66 bits per heavy atom. The summed E-state index contributed by atoms with van der Waals surface area (Å²) in [4.78, 5) is 13.6. The zero-order valence-electron chi connectivity index (χ0n) is 20.6. The number of ether oxygens (including phenoxy) is 2. The molecule has 0 bridgehead atoms. The van der Waals surface area contributed by atoms with Gasteiger partial charge in [-0.2, -0.15) is 5.26 Å². The highest BCUT2D eigenvalue weighted by Crippen LogP contribution is 2.30. The van der Waals surface area contributed by atoms with Gasteiger partial charge in [0.2, 0.25) is 5.95 Å². The van der Waals surface area contributed by atoms with Crippen LogP contribution in [-0.2, 0) is 9.47 Å². The third-order valence-corrected chi connectivity index (χ3v) is 7.13. The molecule has 35 heavy (non-hydrogen) atoms. The number of nitrogens with zero attached hydrogens (tertiary/aromatic N) is 4. The average Bonchev–Trinajstić information content (AvgIpc) is 2.92. The summed E-state index contributed by atoms with van der Waals surface area (Å²) in [5.74, 6) is 1.26. The van der Waals surface area contributed by atoms with Gasteiger partial charge in [-0.15, -0.1) is 0 Å². The van der Waals surface area contributed by atoms with Gasteiger partial charge in [0.1, 0.15) is 0 Å². The molecule has 2 aliphatic rings. The van der Waals surface area contributed by atoms with Crippen LogP contribution in [0.2, 0.25) is 0 Å². The average molecular weight is 480 g/mol.